The molecule has 2 rings (SSSR count). The normalized spacial score (nSPS) is 12.6. The Hall–Kier alpha value is -2.12. The van der Waals surface area contributed by atoms with Crippen LogP contribution in [0.4, 0.5) is 5.69 Å². The molecule has 1 unspecified atom stereocenters. The molecule has 7 heteroatoms. The summed E-state index contributed by atoms with van der Waals surface area (Å²) in [4.78, 5) is 16.4. The molecule has 7 nitrogen and oxygen atoms in total. The Labute approximate surface area is 97.3 Å². The van der Waals surface area contributed by atoms with Crippen LogP contribution in [0.5, 0.6) is 0 Å². The van der Waals surface area contributed by atoms with Gasteiger partial charge < -0.3 is 11.5 Å². The molecule has 0 aromatic carbocycles. The monoisotopic (exact) mass is 235 g/mol. The number of nitrogens with two attached hydrogens (primary N) is 2. The van der Waals surface area contributed by atoms with Gasteiger partial charge in [0.2, 0.25) is 0 Å². The van der Waals surface area contributed by atoms with E-state index in [4.69, 9.17) is 16.3 Å². The Morgan fingerprint density at radius 3 is 3.06 bits per heavy atom. The molecule has 0 aliphatic rings. The van der Waals surface area contributed by atoms with Crippen molar-refractivity contribution in [3.8, 4) is 0 Å². The maximum Gasteiger partial charge on any atom is 0.252 e. The summed E-state index contributed by atoms with van der Waals surface area (Å²) in [5, 5.41) is 4.04. The molecular formula is C10H13N5O2. The predicted octanol–water partition coefficient (Wildman–Crippen LogP) is 0.0814. The zero-order valence-electron chi connectivity index (χ0n) is 9.25. The Morgan fingerprint density at radius 2 is 2.41 bits per heavy atom. The van der Waals surface area contributed by atoms with Crippen LogP contribution in [0.25, 0.3) is 5.52 Å². The number of amides is 1. The molecule has 0 radical (unpaired) electrons. The molecule has 0 saturated heterocycles. The first-order valence-electron chi connectivity index (χ1n) is 5.03. The summed E-state index contributed by atoms with van der Waals surface area (Å²) < 4.78 is 1.60. The van der Waals surface area contributed by atoms with Crippen molar-refractivity contribution in [2.24, 2.45) is 11.5 Å². The van der Waals surface area contributed by atoms with Crippen molar-refractivity contribution in [3.63, 3.8) is 0 Å². The van der Waals surface area contributed by atoms with E-state index >= 15 is 0 Å². The number of fused-ring (bicyclic) bond motifs is 1. The van der Waals surface area contributed by atoms with Crippen LogP contribution < -0.4 is 16.9 Å². The molecule has 0 bridgehead atoms. The third kappa shape index (κ3) is 2.19. The van der Waals surface area contributed by atoms with Crippen molar-refractivity contribution >= 4 is 17.1 Å². The number of hydrogen-bond acceptors (Lipinski definition) is 5. The third-order valence-electron chi connectivity index (χ3n) is 2.18. The highest BCUT2D eigenvalue weighted by atomic mass is 16.7. The lowest BCUT2D eigenvalue weighted by atomic mass is 10.2. The highest BCUT2D eigenvalue weighted by Crippen LogP contribution is 2.21. The third-order valence-corrected chi connectivity index (χ3v) is 2.18. The van der Waals surface area contributed by atoms with E-state index in [2.05, 4.69) is 10.6 Å². The SMILES string of the molecule is CC(N)ONc1c(C(N)=O)cnn2cccc12. The van der Waals surface area contributed by atoms with Gasteiger partial charge in [-0.2, -0.15) is 5.10 Å². The molecule has 1 atom stereocenters. The van der Waals surface area contributed by atoms with Crippen LogP contribution in [0, 0.1) is 0 Å². The molecular weight excluding hydrogens is 222 g/mol. The van der Waals surface area contributed by atoms with Gasteiger partial charge in [0.15, 0.2) is 0 Å². The van der Waals surface area contributed by atoms with Crippen LogP contribution in [-0.2, 0) is 4.84 Å². The van der Waals surface area contributed by atoms with Crippen molar-refractivity contribution in [1.82, 2.24) is 9.61 Å². The van der Waals surface area contributed by atoms with Crippen molar-refractivity contribution < 1.29 is 9.63 Å². The fourth-order valence-corrected chi connectivity index (χ4v) is 1.44. The fraction of sp³-hybridized carbons (Fsp3) is 0.200. The summed E-state index contributed by atoms with van der Waals surface area (Å²) in [7, 11) is 0. The maximum absolute atomic E-state index is 11.3. The van der Waals surface area contributed by atoms with Gasteiger partial charge in [0, 0.05) is 6.20 Å². The lowest BCUT2D eigenvalue weighted by Gasteiger charge is -2.13. The first kappa shape index (κ1) is 11.4. The van der Waals surface area contributed by atoms with Crippen LogP contribution >= 0.6 is 0 Å². The molecule has 0 spiro atoms. The van der Waals surface area contributed by atoms with Gasteiger partial charge in [-0.15, -0.1) is 0 Å². The molecule has 90 valence electrons. The highest BCUT2D eigenvalue weighted by molar-refractivity contribution is 6.01. The van der Waals surface area contributed by atoms with Gasteiger partial charge in [0.25, 0.3) is 5.91 Å². The van der Waals surface area contributed by atoms with E-state index in [-0.39, 0.29) is 5.56 Å². The summed E-state index contributed by atoms with van der Waals surface area (Å²) in [6, 6.07) is 3.58. The molecule has 0 fully saturated rings. The predicted molar refractivity (Wildman–Crippen MR) is 62.1 cm³/mol. The minimum atomic E-state index is -0.586. The summed E-state index contributed by atoms with van der Waals surface area (Å²) >= 11 is 0. The molecule has 0 aliphatic carbocycles. The lowest BCUT2D eigenvalue weighted by Crippen LogP contribution is -2.24. The Morgan fingerprint density at radius 1 is 1.65 bits per heavy atom. The van der Waals surface area contributed by atoms with Gasteiger partial charge in [-0.1, -0.05) is 0 Å². The average molecular weight is 235 g/mol. The zero-order valence-corrected chi connectivity index (χ0v) is 9.25. The lowest BCUT2D eigenvalue weighted by molar-refractivity contribution is 0.0993. The Kier molecular flexibility index (Phi) is 2.94. The van der Waals surface area contributed by atoms with Crippen molar-refractivity contribution in [2.45, 2.75) is 13.2 Å². The molecule has 0 aliphatic heterocycles. The van der Waals surface area contributed by atoms with Crippen LogP contribution in [0.3, 0.4) is 0 Å². The first-order valence-corrected chi connectivity index (χ1v) is 5.03. The second kappa shape index (κ2) is 4.40. The van der Waals surface area contributed by atoms with E-state index in [0.717, 1.165) is 0 Å². The average Bonchev–Trinajstić information content (AvgIpc) is 2.73. The van der Waals surface area contributed by atoms with E-state index in [1.165, 1.54) is 6.20 Å². The minimum absolute atomic E-state index is 0.247. The number of nitrogens with zero attached hydrogens (tertiary/aromatic N) is 2. The van der Waals surface area contributed by atoms with Gasteiger partial charge >= 0.3 is 0 Å². The summed E-state index contributed by atoms with van der Waals surface area (Å²) in [6.45, 7) is 1.66. The molecule has 5 N–H and O–H groups in total. The van der Waals surface area contributed by atoms with E-state index < -0.39 is 12.1 Å². The smallest absolute Gasteiger partial charge is 0.252 e. The number of carbonyl (C=O) groups excluding carboxylic acids is 1. The van der Waals surface area contributed by atoms with Crippen molar-refractivity contribution in [2.75, 3.05) is 5.48 Å². The van der Waals surface area contributed by atoms with E-state index in [9.17, 15) is 4.79 Å². The highest BCUT2D eigenvalue weighted by Gasteiger charge is 2.13. The number of anilines is 1. The van der Waals surface area contributed by atoms with E-state index in [1.807, 2.05) is 0 Å². The molecule has 2 aromatic rings. The number of nitrogens with one attached hydrogen (secondary N) is 1. The molecule has 0 saturated carbocycles. The summed E-state index contributed by atoms with van der Waals surface area (Å²) in [5.41, 5.74) is 14.7. The van der Waals surface area contributed by atoms with Gasteiger partial charge in [-0.3, -0.25) is 15.1 Å². The molecule has 2 heterocycles. The number of carbonyl (C=O) groups is 1. The second-order valence-electron chi connectivity index (χ2n) is 3.56. The van der Waals surface area contributed by atoms with Gasteiger partial charge in [0.1, 0.15) is 11.9 Å². The summed E-state index contributed by atoms with van der Waals surface area (Å²) in [5.74, 6) is -0.586. The van der Waals surface area contributed by atoms with Crippen LogP contribution in [0.2, 0.25) is 0 Å². The van der Waals surface area contributed by atoms with Crippen molar-refractivity contribution in [1.29, 1.82) is 0 Å². The van der Waals surface area contributed by atoms with E-state index in [0.29, 0.717) is 11.2 Å². The second-order valence-corrected chi connectivity index (χ2v) is 3.56. The Bertz CT molecular complexity index is 549. The van der Waals surface area contributed by atoms with Gasteiger partial charge in [-0.05, 0) is 19.1 Å². The standard InChI is InChI=1S/C10H13N5O2/c1-6(11)17-14-9-7(10(12)16)5-13-15-4-2-3-8(9)15/h2-6,14H,11H2,1H3,(H2,12,16). The van der Waals surface area contributed by atoms with Crippen LogP contribution in [-0.4, -0.2) is 21.7 Å². The number of hydrogen-bond donors (Lipinski definition) is 3. The fourth-order valence-electron chi connectivity index (χ4n) is 1.44. The first-order chi connectivity index (χ1) is 8.09. The van der Waals surface area contributed by atoms with Crippen LogP contribution in [0.1, 0.15) is 17.3 Å². The molecule has 1 amide bonds. The molecule has 17 heavy (non-hydrogen) atoms. The largest absolute Gasteiger partial charge is 0.365 e. The van der Waals surface area contributed by atoms with Gasteiger partial charge in [-0.25, -0.2) is 4.52 Å². The maximum atomic E-state index is 11.3. The Balaban J connectivity index is 2.49. The van der Waals surface area contributed by atoms with Crippen molar-refractivity contribution in [3.05, 3.63) is 30.1 Å². The number of rotatable bonds is 4. The number of primary amides is 1. The van der Waals surface area contributed by atoms with Crippen LogP contribution in [0.15, 0.2) is 24.5 Å². The van der Waals surface area contributed by atoms with Gasteiger partial charge in [0.05, 0.1) is 17.3 Å². The quantitative estimate of drug-likeness (QED) is 0.514. The minimum Gasteiger partial charge on any atom is -0.365 e. The topological polar surface area (TPSA) is 108 Å². The zero-order chi connectivity index (χ0) is 12.4. The summed E-state index contributed by atoms with van der Waals surface area (Å²) in [6.07, 6.45) is 2.61. The molecule has 2 aromatic heterocycles. The number of aromatic nitrogens is 2. The van der Waals surface area contributed by atoms with E-state index in [1.54, 1.807) is 29.8 Å².